The number of aromatic nitrogens is 4. The molecule has 0 aliphatic heterocycles. The normalized spacial score (nSPS) is 12.0. The molecule has 0 spiro atoms. The van der Waals surface area contributed by atoms with Crippen LogP contribution in [0.2, 0.25) is 0 Å². The molecular formula is C36H35FN6O7. The lowest BCUT2D eigenvalue weighted by Crippen LogP contribution is -2.46. The summed E-state index contributed by atoms with van der Waals surface area (Å²) in [6, 6.07) is 21.8. The van der Waals surface area contributed by atoms with E-state index in [-0.39, 0.29) is 24.2 Å². The van der Waals surface area contributed by atoms with Gasteiger partial charge >= 0.3 is 6.09 Å². The smallest absolute Gasteiger partial charge is 0.412 e. The Labute approximate surface area is 286 Å². The van der Waals surface area contributed by atoms with Crippen molar-refractivity contribution in [2.75, 3.05) is 5.32 Å². The van der Waals surface area contributed by atoms with E-state index in [9.17, 15) is 28.7 Å². The molecule has 1 atom stereocenters. The molecule has 0 aliphatic carbocycles. The summed E-state index contributed by atoms with van der Waals surface area (Å²) in [5, 5.41) is 23.6. The van der Waals surface area contributed by atoms with Gasteiger partial charge < -0.3 is 19.6 Å². The van der Waals surface area contributed by atoms with E-state index in [0.717, 1.165) is 4.57 Å². The van der Waals surface area contributed by atoms with Crippen LogP contribution >= 0.6 is 0 Å². The largest absolute Gasteiger partial charge is 0.492 e. The van der Waals surface area contributed by atoms with Crippen molar-refractivity contribution < 1.29 is 33.0 Å². The van der Waals surface area contributed by atoms with Crippen molar-refractivity contribution in [3.63, 3.8) is 0 Å². The first kappa shape index (κ1) is 35.1. The summed E-state index contributed by atoms with van der Waals surface area (Å²) in [4.78, 5) is 57.6. The van der Waals surface area contributed by atoms with E-state index in [1.807, 2.05) is 0 Å². The molecule has 2 heterocycles. The van der Waals surface area contributed by atoms with Gasteiger partial charge in [-0.2, -0.15) is 4.98 Å². The molecule has 5 aromatic rings. The highest BCUT2D eigenvalue weighted by Crippen LogP contribution is 2.31. The summed E-state index contributed by atoms with van der Waals surface area (Å²) in [6.07, 6.45) is -1.03. The molecular weight excluding hydrogens is 647 g/mol. The number of aromatic hydroxyl groups is 1. The minimum absolute atomic E-state index is 0.0663. The number of hydrogen-bond donors (Lipinski definition) is 3. The summed E-state index contributed by atoms with van der Waals surface area (Å²) in [6.45, 7) is 6.22. The number of ether oxygens (including phenoxy) is 1. The lowest BCUT2D eigenvalue weighted by Gasteiger charge is -2.22. The van der Waals surface area contributed by atoms with E-state index in [1.165, 1.54) is 12.1 Å². The van der Waals surface area contributed by atoms with Gasteiger partial charge in [0.05, 0.1) is 11.5 Å². The Hall–Kier alpha value is -6.18. The third kappa shape index (κ3) is 7.92. The maximum atomic E-state index is 13.7. The molecule has 3 aromatic carbocycles. The van der Waals surface area contributed by atoms with Gasteiger partial charge in [0.2, 0.25) is 23.5 Å². The van der Waals surface area contributed by atoms with Crippen LogP contribution in [0.5, 0.6) is 5.88 Å². The van der Waals surface area contributed by atoms with Crippen LogP contribution in [0, 0.1) is 11.7 Å². The topological polar surface area (TPSA) is 179 Å². The van der Waals surface area contributed by atoms with E-state index in [1.54, 1.807) is 100 Å². The molecule has 0 saturated heterocycles. The first-order chi connectivity index (χ1) is 23.8. The fourth-order valence-corrected chi connectivity index (χ4v) is 5.06. The molecule has 0 saturated carbocycles. The molecule has 0 unspecified atom stereocenters. The number of carbonyl (C=O) groups excluding carboxylic acids is 3. The van der Waals surface area contributed by atoms with Crippen molar-refractivity contribution in [1.29, 1.82) is 0 Å². The quantitative estimate of drug-likeness (QED) is 0.148. The first-order valence-corrected chi connectivity index (χ1v) is 15.7. The van der Waals surface area contributed by atoms with Crippen molar-refractivity contribution in [1.82, 2.24) is 25.1 Å². The second-order valence-corrected chi connectivity index (χ2v) is 12.3. The Balaban J connectivity index is 1.38. The number of anilines is 1. The van der Waals surface area contributed by atoms with Gasteiger partial charge in [0.1, 0.15) is 24.8 Å². The predicted octanol–water partition coefficient (Wildman–Crippen LogP) is 5.24. The van der Waals surface area contributed by atoms with Crippen LogP contribution in [0.3, 0.4) is 0 Å². The summed E-state index contributed by atoms with van der Waals surface area (Å²) < 4.78 is 25.4. The number of amides is 2. The minimum atomic E-state index is -1.14. The number of carbonyl (C=O) groups is 3. The molecule has 13 nitrogen and oxygen atoms in total. The van der Waals surface area contributed by atoms with Gasteiger partial charge in [-0.3, -0.25) is 24.3 Å². The van der Waals surface area contributed by atoms with E-state index in [2.05, 4.69) is 25.8 Å². The number of nitrogens with one attached hydrogen (secondary N) is 2. The Kier molecular flexibility index (Phi) is 10.5. The molecule has 258 valence electrons. The Morgan fingerprint density at radius 1 is 0.960 bits per heavy atom. The van der Waals surface area contributed by atoms with Crippen LogP contribution in [0.1, 0.15) is 55.4 Å². The zero-order valence-corrected chi connectivity index (χ0v) is 27.7. The second-order valence-electron chi connectivity index (χ2n) is 12.3. The summed E-state index contributed by atoms with van der Waals surface area (Å²) in [5.74, 6) is -3.36. The van der Waals surface area contributed by atoms with Gasteiger partial charge in [-0.15, -0.1) is 10.2 Å². The number of hydrogen-bond acceptors (Lipinski definition) is 10. The first-order valence-electron chi connectivity index (χ1n) is 15.7. The SMILES string of the molecule is CC(C)[C@H](NC(=O)Cn1c(-c2ccccc2)nc(O)c(NC(=O)OCc2ccccc2)c1=O)C(=O)c1nnc(C(C)(C)c2ccc(F)cc2)o1. The van der Waals surface area contributed by atoms with E-state index in [4.69, 9.17) is 9.15 Å². The molecule has 2 amide bonds. The van der Waals surface area contributed by atoms with Crippen LogP contribution in [0.4, 0.5) is 14.9 Å². The summed E-state index contributed by atoms with van der Waals surface area (Å²) in [5.41, 5.74) is -0.646. The lowest BCUT2D eigenvalue weighted by molar-refractivity contribution is -0.122. The molecule has 14 heteroatoms. The number of ketones is 1. The predicted molar refractivity (Wildman–Crippen MR) is 180 cm³/mol. The Bertz CT molecular complexity index is 2050. The molecule has 0 fully saturated rings. The number of benzene rings is 3. The Morgan fingerprint density at radius 3 is 2.24 bits per heavy atom. The zero-order chi connectivity index (χ0) is 36.0. The third-order valence-electron chi connectivity index (χ3n) is 7.93. The van der Waals surface area contributed by atoms with E-state index < -0.39 is 64.6 Å². The average Bonchev–Trinajstić information content (AvgIpc) is 3.62. The highest BCUT2D eigenvalue weighted by molar-refractivity contribution is 5.98. The molecule has 0 radical (unpaired) electrons. The van der Waals surface area contributed by atoms with Crippen molar-refractivity contribution in [3.05, 3.63) is 124 Å². The number of Topliss-reactive ketones (excluding diaryl/α,β-unsaturated/α-hetero) is 1. The standard InChI is InChI=1S/C36H35FN6O7/c1-21(2)27(29(45)32-41-42-34(50-32)36(3,4)24-15-17-25(37)18-16-24)38-26(44)19-43-30(23-13-9-6-10-14-23)40-31(46)28(33(43)47)39-35(48)49-20-22-11-7-5-8-12-22/h5-18,21,27,46H,19-20H2,1-4H3,(H,38,44)(H,39,48)/t27-/m0/s1. The maximum Gasteiger partial charge on any atom is 0.412 e. The van der Waals surface area contributed by atoms with Gasteiger partial charge in [-0.25, -0.2) is 9.18 Å². The van der Waals surface area contributed by atoms with Crippen LogP contribution < -0.4 is 16.2 Å². The average molecular weight is 683 g/mol. The minimum Gasteiger partial charge on any atom is -0.492 e. The molecule has 5 rings (SSSR count). The summed E-state index contributed by atoms with van der Waals surface area (Å²) >= 11 is 0. The van der Waals surface area contributed by atoms with Gasteiger partial charge in [0, 0.05) is 5.56 Å². The third-order valence-corrected chi connectivity index (χ3v) is 7.93. The highest BCUT2D eigenvalue weighted by atomic mass is 19.1. The zero-order valence-electron chi connectivity index (χ0n) is 27.7. The highest BCUT2D eigenvalue weighted by Gasteiger charge is 2.34. The van der Waals surface area contributed by atoms with Crippen molar-refractivity contribution in [2.24, 2.45) is 5.92 Å². The van der Waals surface area contributed by atoms with E-state index in [0.29, 0.717) is 16.7 Å². The lowest BCUT2D eigenvalue weighted by atomic mass is 9.84. The second kappa shape index (κ2) is 14.9. The van der Waals surface area contributed by atoms with Crippen LogP contribution in [-0.4, -0.2) is 48.7 Å². The fourth-order valence-electron chi connectivity index (χ4n) is 5.06. The summed E-state index contributed by atoms with van der Waals surface area (Å²) in [7, 11) is 0. The van der Waals surface area contributed by atoms with Gasteiger partial charge in [-0.05, 0) is 43.0 Å². The van der Waals surface area contributed by atoms with Crippen LogP contribution in [0.15, 0.2) is 94.1 Å². The molecule has 50 heavy (non-hydrogen) atoms. The monoisotopic (exact) mass is 682 g/mol. The molecule has 0 bridgehead atoms. The van der Waals surface area contributed by atoms with Crippen LogP contribution in [0.25, 0.3) is 11.4 Å². The van der Waals surface area contributed by atoms with Crippen molar-refractivity contribution >= 4 is 23.5 Å². The van der Waals surface area contributed by atoms with Crippen molar-refractivity contribution in [3.8, 4) is 17.3 Å². The molecule has 0 aliphatic rings. The van der Waals surface area contributed by atoms with Gasteiger partial charge in [0.15, 0.2) is 5.69 Å². The van der Waals surface area contributed by atoms with Gasteiger partial charge in [0.25, 0.3) is 11.4 Å². The Morgan fingerprint density at radius 2 is 1.60 bits per heavy atom. The number of halogens is 1. The number of rotatable bonds is 12. The maximum absolute atomic E-state index is 13.7. The fraction of sp³-hybridized carbons (Fsp3) is 0.250. The van der Waals surface area contributed by atoms with Crippen molar-refractivity contribution in [2.45, 2.75) is 52.3 Å². The van der Waals surface area contributed by atoms with E-state index >= 15 is 0 Å². The molecule has 2 aromatic heterocycles. The number of nitrogens with zero attached hydrogens (tertiary/aromatic N) is 4. The van der Waals surface area contributed by atoms with Gasteiger partial charge in [-0.1, -0.05) is 86.6 Å². The van der Waals surface area contributed by atoms with Crippen LogP contribution in [-0.2, 0) is 28.1 Å². The molecule has 3 N–H and O–H groups in total.